The average molecular weight is 517 g/mol. The molecule has 186 valence electrons. The maximum Gasteiger partial charge on any atom is 0.243 e. The Balaban J connectivity index is 1.49. The molecular weight excluding hydrogens is 488 g/mol. The van der Waals surface area contributed by atoms with Crippen LogP contribution in [0.15, 0.2) is 52.5 Å². The second kappa shape index (κ2) is 10.8. The van der Waals surface area contributed by atoms with E-state index in [0.717, 1.165) is 5.56 Å². The lowest BCUT2D eigenvalue weighted by molar-refractivity contribution is 0.102. The van der Waals surface area contributed by atoms with Gasteiger partial charge < -0.3 is 14.0 Å². The number of benzene rings is 2. The zero-order valence-electron chi connectivity index (χ0n) is 19.9. The Labute approximate surface area is 209 Å². The summed E-state index contributed by atoms with van der Waals surface area (Å²) in [6, 6.07) is 11.9. The van der Waals surface area contributed by atoms with Crippen LogP contribution in [-0.4, -0.2) is 65.3 Å². The maximum atomic E-state index is 12.8. The Morgan fingerprint density at radius 1 is 1.00 bits per heavy atom. The van der Waals surface area contributed by atoms with Crippen LogP contribution < -0.4 is 9.47 Å². The van der Waals surface area contributed by atoms with Crippen LogP contribution in [0.1, 0.15) is 31.1 Å². The van der Waals surface area contributed by atoms with Gasteiger partial charge in [-0.05, 0) is 49.4 Å². The van der Waals surface area contributed by atoms with Gasteiger partial charge in [0.1, 0.15) is 13.2 Å². The topological polar surface area (TPSA) is 104 Å². The van der Waals surface area contributed by atoms with E-state index in [-0.39, 0.29) is 16.4 Å². The number of rotatable bonds is 10. The molecule has 0 aliphatic carbocycles. The molecule has 0 unspecified atom stereocenters. The normalized spacial score (nSPS) is 13.3. The van der Waals surface area contributed by atoms with Gasteiger partial charge >= 0.3 is 0 Å². The van der Waals surface area contributed by atoms with E-state index in [1.54, 1.807) is 42.5 Å². The molecular formula is C24H28N4O5S2. The highest BCUT2D eigenvalue weighted by molar-refractivity contribution is 7.99. The number of nitrogens with zero attached hydrogens (tertiary/aromatic N) is 4. The van der Waals surface area contributed by atoms with Gasteiger partial charge in [0.15, 0.2) is 28.3 Å². The number of ether oxygens (including phenoxy) is 2. The van der Waals surface area contributed by atoms with Gasteiger partial charge in [0.2, 0.25) is 10.0 Å². The van der Waals surface area contributed by atoms with Crippen molar-refractivity contribution in [3.63, 3.8) is 0 Å². The number of carbonyl (C=O) groups is 1. The van der Waals surface area contributed by atoms with E-state index in [1.165, 1.54) is 16.1 Å². The van der Waals surface area contributed by atoms with Crippen molar-refractivity contribution in [2.24, 2.45) is 0 Å². The molecule has 0 saturated heterocycles. The van der Waals surface area contributed by atoms with Crippen LogP contribution in [0.4, 0.5) is 0 Å². The average Bonchev–Trinajstić information content (AvgIpc) is 3.30. The van der Waals surface area contributed by atoms with Crippen molar-refractivity contribution in [2.45, 2.75) is 37.4 Å². The second-order valence-electron chi connectivity index (χ2n) is 7.73. The second-order valence-corrected chi connectivity index (χ2v) is 10.6. The van der Waals surface area contributed by atoms with E-state index in [4.69, 9.17) is 9.47 Å². The van der Waals surface area contributed by atoms with Crippen LogP contribution in [0.2, 0.25) is 0 Å². The number of aromatic nitrogens is 3. The number of hydrogen-bond donors (Lipinski definition) is 0. The molecule has 2 heterocycles. The van der Waals surface area contributed by atoms with Crippen LogP contribution in [0.5, 0.6) is 11.5 Å². The third kappa shape index (κ3) is 5.21. The summed E-state index contributed by atoms with van der Waals surface area (Å²) in [5.41, 5.74) is 1.30. The lowest BCUT2D eigenvalue weighted by Crippen LogP contribution is -2.30. The first kappa shape index (κ1) is 25.2. The van der Waals surface area contributed by atoms with Gasteiger partial charge in [0, 0.05) is 30.8 Å². The van der Waals surface area contributed by atoms with Gasteiger partial charge in [0.25, 0.3) is 0 Å². The Kier molecular flexibility index (Phi) is 7.78. The Morgan fingerprint density at radius 3 is 2.34 bits per heavy atom. The van der Waals surface area contributed by atoms with Crippen molar-refractivity contribution in [2.75, 3.05) is 32.1 Å². The summed E-state index contributed by atoms with van der Waals surface area (Å²) in [6.07, 6.45) is 0. The number of Topliss-reactive ketones (excluding diaryl/α,β-unsaturated/α-hetero) is 1. The highest BCUT2D eigenvalue weighted by Gasteiger charge is 2.22. The standard InChI is InChI=1S/C24H28N4O5S2/c1-4-27(5-2)35(30,31)19-10-7-17(8-11-19)23-25-26-24(28(23)6-3)34-16-20(29)18-9-12-21-22(15-18)33-14-13-32-21/h7-12,15H,4-6,13-14,16H2,1-3H3. The molecule has 35 heavy (non-hydrogen) atoms. The largest absolute Gasteiger partial charge is 0.486 e. The summed E-state index contributed by atoms with van der Waals surface area (Å²) in [7, 11) is -3.53. The predicted octanol–water partition coefficient (Wildman–Crippen LogP) is 3.74. The molecule has 1 aliphatic rings. The Morgan fingerprint density at radius 2 is 1.69 bits per heavy atom. The Hall–Kier alpha value is -2.89. The fourth-order valence-corrected chi connectivity index (χ4v) is 6.17. The molecule has 0 spiro atoms. The molecule has 3 aromatic rings. The molecule has 0 saturated carbocycles. The summed E-state index contributed by atoms with van der Waals surface area (Å²) < 4.78 is 39.9. The monoisotopic (exact) mass is 516 g/mol. The number of ketones is 1. The lowest BCUT2D eigenvalue weighted by atomic mass is 10.1. The predicted molar refractivity (Wildman–Crippen MR) is 134 cm³/mol. The van der Waals surface area contributed by atoms with E-state index in [1.807, 2.05) is 25.3 Å². The van der Waals surface area contributed by atoms with Gasteiger partial charge in [0.05, 0.1) is 10.6 Å². The first-order valence-electron chi connectivity index (χ1n) is 11.5. The highest BCUT2D eigenvalue weighted by Crippen LogP contribution is 2.32. The molecule has 0 amide bonds. The minimum Gasteiger partial charge on any atom is -0.486 e. The fraction of sp³-hybridized carbons (Fsp3) is 0.375. The van der Waals surface area contributed by atoms with Gasteiger partial charge in [-0.1, -0.05) is 25.6 Å². The summed E-state index contributed by atoms with van der Waals surface area (Å²) in [6.45, 7) is 7.99. The van der Waals surface area contributed by atoms with E-state index < -0.39 is 10.0 Å². The molecule has 0 bridgehead atoms. The summed E-state index contributed by atoms with van der Waals surface area (Å²) >= 11 is 1.31. The van der Waals surface area contributed by atoms with Crippen LogP contribution in [-0.2, 0) is 16.6 Å². The number of fused-ring (bicyclic) bond motifs is 1. The Bertz CT molecular complexity index is 1300. The van der Waals surface area contributed by atoms with Crippen molar-refractivity contribution in [3.8, 4) is 22.9 Å². The quantitative estimate of drug-likeness (QED) is 0.297. The third-order valence-electron chi connectivity index (χ3n) is 5.69. The smallest absolute Gasteiger partial charge is 0.243 e. The maximum absolute atomic E-state index is 12.8. The lowest BCUT2D eigenvalue weighted by Gasteiger charge is -2.18. The molecule has 0 atom stereocenters. The van der Waals surface area contributed by atoms with Crippen LogP contribution in [0.3, 0.4) is 0 Å². The van der Waals surface area contributed by atoms with Gasteiger partial charge in [-0.3, -0.25) is 4.79 Å². The van der Waals surface area contributed by atoms with Crippen molar-refractivity contribution in [3.05, 3.63) is 48.0 Å². The van der Waals surface area contributed by atoms with E-state index in [0.29, 0.717) is 60.9 Å². The molecule has 1 aromatic heterocycles. The van der Waals surface area contributed by atoms with Gasteiger partial charge in [-0.2, -0.15) is 4.31 Å². The molecule has 4 rings (SSSR count). The van der Waals surface area contributed by atoms with E-state index in [9.17, 15) is 13.2 Å². The van der Waals surface area contributed by atoms with Crippen molar-refractivity contribution in [1.29, 1.82) is 0 Å². The number of thioether (sulfide) groups is 1. The van der Waals surface area contributed by atoms with Crippen molar-refractivity contribution >= 4 is 27.6 Å². The first-order valence-corrected chi connectivity index (χ1v) is 13.9. The number of carbonyl (C=O) groups excluding carboxylic acids is 1. The summed E-state index contributed by atoms with van der Waals surface area (Å²) in [5, 5.41) is 9.21. The third-order valence-corrected chi connectivity index (χ3v) is 8.72. The number of sulfonamides is 1. The molecule has 2 aromatic carbocycles. The first-order chi connectivity index (χ1) is 16.9. The van der Waals surface area contributed by atoms with Gasteiger partial charge in [-0.15, -0.1) is 10.2 Å². The molecule has 0 N–H and O–H groups in total. The minimum absolute atomic E-state index is 0.0508. The molecule has 9 nitrogen and oxygen atoms in total. The zero-order valence-corrected chi connectivity index (χ0v) is 21.6. The highest BCUT2D eigenvalue weighted by atomic mass is 32.2. The van der Waals surface area contributed by atoms with Crippen molar-refractivity contribution < 1.29 is 22.7 Å². The minimum atomic E-state index is -3.53. The molecule has 0 fully saturated rings. The van der Waals surface area contributed by atoms with Crippen LogP contribution in [0.25, 0.3) is 11.4 Å². The zero-order chi connectivity index (χ0) is 25.0. The van der Waals surface area contributed by atoms with E-state index in [2.05, 4.69) is 10.2 Å². The van der Waals surface area contributed by atoms with Crippen LogP contribution >= 0.6 is 11.8 Å². The van der Waals surface area contributed by atoms with Crippen LogP contribution in [0, 0.1) is 0 Å². The summed E-state index contributed by atoms with van der Waals surface area (Å²) in [4.78, 5) is 13.0. The number of hydrogen-bond acceptors (Lipinski definition) is 8. The molecule has 0 radical (unpaired) electrons. The molecule has 11 heteroatoms. The van der Waals surface area contributed by atoms with E-state index >= 15 is 0 Å². The van der Waals surface area contributed by atoms with Crippen molar-refractivity contribution in [1.82, 2.24) is 19.1 Å². The van der Waals surface area contributed by atoms with Gasteiger partial charge in [-0.25, -0.2) is 8.42 Å². The fourth-order valence-electron chi connectivity index (χ4n) is 3.81. The summed E-state index contributed by atoms with van der Waals surface area (Å²) in [5.74, 6) is 1.99. The SMILES string of the molecule is CCN(CC)S(=O)(=O)c1ccc(-c2nnc(SCC(=O)c3ccc4c(c3)OCCO4)n2CC)cc1. The molecule has 1 aliphatic heterocycles.